The number of nitrogens with zero attached hydrogens (tertiary/aromatic N) is 1. The zero-order valence-electron chi connectivity index (χ0n) is 11.4. The van der Waals surface area contributed by atoms with Gasteiger partial charge in [0.05, 0.1) is 0 Å². The molecule has 1 saturated heterocycles. The Morgan fingerprint density at radius 2 is 2.00 bits per heavy atom. The van der Waals surface area contributed by atoms with Crippen molar-refractivity contribution in [3.05, 3.63) is 16.3 Å². The van der Waals surface area contributed by atoms with E-state index in [1.807, 2.05) is 0 Å². The summed E-state index contributed by atoms with van der Waals surface area (Å²) in [5.41, 5.74) is 0. The second-order valence-electron chi connectivity index (χ2n) is 4.76. The van der Waals surface area contributed by atoms with Crippen molar-refractivity contribution in [3.8, 4) is 0 Å². The van der Waals surface area contributed by atoms with Crippen molar-refractivity contribution in [1.82, 2.24) is 9.62 Å². The summed E-state index contributed by atoms with van der Waals surface area (Å²) in [7, 11) is -3.69. The zero-order chi connectivity index (χ0) is 15.6. The van der Waals surface area contributed by atoms with Gasteiger partial charge in [-0.1, -0.05) is 0 Å². The number of carbonyl (C=O) groups is 2. The molecule has 0 aromatic carbocycles. The maximum Gasteiger partial charge on any atom is 0.325 e. The SMILES string of the molecule is CC(NC(=O)c1sccc1S(=O)(=O)N1CCCC1)C(=O)O. The van der Waals surface area contributed by atoms with Crippen LogP contribution in [0, 0.1) is 0 Å². The van der Waals surface area contributed by atoms with E-state index >= 15 is 0 Å². The summed E-state index contributed by atoms with van der Waals surface area (Å²) in [6, 6.07) is 0.306. The lowest BCUT2D eigenvalue weighted by Crippen LogP contribution is -2.39. The van der Waals surface area contributed by atoms with E-state index in [2.05, 4.69) is 5.32 Å². The molecule has 2 heterocycles. The fourth-order valence-corrected chi connectivity index (χ4v) is 4.88. The molecule has 1 aromatic rings. The molecule has 1 amide bonds. The van der Waals surface area contributed by atoms with Crippen molar-refractivity contribution in [2.24, 2.45) is 0 Å². The van der Waals surface area contributed by atoms with Crippen LogP contribution in [0.15, 0.2) is 16.3 Å². The molecule has 21 heavy (non-hydrogen) atoms. The summed E-state index contributed by atoms with van der Waals surface area (Å²) >= 11 is 0.986. The van der Waals surface area contributed by atoms with Crippen LogP contribution in [0.4, 0.5) is 0 Å². The highest BCUT2D eigenvalue weighted by Gasteiger charge is 2.32. The van der Waals surface area contributed by atoms with Crippen LogP contribution in [-0.2, 0) is 14.8 Å². The fraction of sp³-hybridized carbons (Fsp3) is 0.500. The van der Waals surface area contributed by atoms with Crippen molar-refractivity contribution in [2.45, 2.75) is 30.7 Å². The number of carboxylic acids is 1. The average molecular weight is 332 g/mol. The Kier molecular flexibility index (Phi) is 4.64. The van der Waals surface area contributed by atoms with Crippen LogP contribution in [0.2, 0.25) is 0 Å². The maximum atomic E-state index is 12.5. The van der Waals surface area contributed by atoms with Crippen molar-refractivity contribution < 1.29 is 23.1 Å². The number of carboxylic acid groups (broad SMARTS) is 1. The second kappa shape index (κ2) is 6.12. The first-order chi connectivity index (χ1) is 9.84. The van der Waals surface area contributed by atoms with Crippen molar-refractivity contribution in [2.75, 3.05) is 13.1 Å². The summed E-state index contributed by atoms with van der Waals surface area (Å²) in [5.74, 6) is -1.86. The highest BCUT2D eigenvalue weighted by Crippen LogP contribution is 2.27. The first-order valence-electron chi connectivity index (χ1n) is 6.45. The average Bonchev–Trinajstić information content (AvgIpc) is 3.10. The molecule has 1 aliphatic rings. The molecule has 7 nitrogen and oxygen atoms in total. The van der Waals surface area contributed by atoms with Crippen LogP contribution in [0.1, 0.15) is 29.4 Å². The number of amides is 1. The minimum absolute atomic E-state index is 0.0231. The highest BCUT2D eigenvalue weighted by molar-refractivity contribution is 7.89. The van der Waals surface area contributed by atoms with Gasteiger partial charge in [0.25, 0.3) is 5.91 Å². The van der Waals surface area contributed by atoms with E-state index in [4.69, 9.17) is 5.11 Å². The van der Waals surface area contributed by atoms with Gasteiger partial charge in [0.2, 0.25) is 10.0 Å². The van der Waals surface area contributed by atoms with Gasteiger partial charge in [-0.15, -0.1) is 11.3 Å². The predicted molar refractivity (Wildman–Crippen MR) is 76.9 cm³/mol. The largest absolute Gasteiger partial charge is 0.480 e. The number of hydrogen-bond acceptors (Lipinski definition) is 5. The van der Waals surface area contributed by atoms with Crippen LogP contribution in [-0.4, -0.2) is 48.8 Å². The second-order valence-corrected chi connectivity index (χ2v) is 7.58. The van der Waals surface area contributed by atoms with Gasteiger partial charge >= 0.3 is 5.97 Å². The van der Waals surface area contributed by atoms with Gasteiger partial charge in [-0.25, -0.2) is 8.42 Å². The van der Waals surface area contributed by atoms with E-state index < -0.39 is 27.9 Å². The van der Waals surface area contributed by atoms with Gasteiger partial charge in [-0.3, -0.25) is 9.59 Å². The standard InChI is InChI=1S/C12H16N2O5S2/c1-8(12(16)17)13-11(15)10-9(4-7-20-10)21(18,19)14-5-2-3-6-14/h4,7-8H,2-3,5-6H2,1H3,(H,13,15)(H,16,17). The maximum absolute atomic E-state index is 12.5. The molecule has 2 N–H and O–H groups in total. The molecule has 116 valence electrons. The number of thiophene rings is 1. The summed E-state index contributed by atoms with van der Waals surface area (Å²) in [6.45, 7) is 2.22. The van der Waals surface area contributed by atoms with Gasteiger partial charge in [0.1, 0.15) is 15.8 Å². The summed E-state index contributed by atoms with van der Waals surface area (Å²) in [6.07, 6.45) is 1.61. The Morgan fingerprint density at radius 3 is 2.57 bits per heavy atom. The van der Waals surface area contributed by atoms with Gasteiger partial charge in [0.15, 0.2) is 0 Å². The van der Waals surface area contributed by atoms with Gasteiger partial charge < -0.3 is 10.4 Å². The third kappa shape index (κ3) is 3.25. The first kappa shape index (κ1) is 15.9. The smallest absolute Gasteiger partial charge is 0.325 e. The monoisotopic (exact) mass is 332 g/mol. The molecule has 1 unspecified atom stereocenters. The Bertz CT molecular complexity index is 646. The van der Waals surface area contributed by atoms with E-state index in [9.17, 15) is 18.0 Å². The van der Waals surface area contributed by atoms with Crippen LogP contribution >= 0.6 is 11.3 Å². The normalized spacial score (nSPS) is 17.6. The van der Waals surface area contributed by atoms with Crippen molar-refractivity contribution in [1.29, 1.82) is 0 Å². The molecule has 0 spiro atoms. The minimum atomic E-state index is -3.69. The molecule has 0 aliphatic carbocycles. The van der Waals surface area contributed by atoms with Gasteiger partial charge in [-0.2, -0.15) is 4.31 Å². The molecule has 2 rings (SSSR count). The van der Waals surface area contributed by atoms with Crippen LogP contribution < -0.4 is 5.32 Å². The first-order valence-corrected chi connectivity index (χ1v) is 8.77. The quantitative estimate of drug-likeness (QED) is 0.827. The van der Waals surface area contributed by atoms with Crippen LogP contribution in [0.3, 0.4) is 0 Å². The third-order valence-electron chi connectivity index (χ3n) is 3.24. The molecular weight excluding hydrogens is 316 g/mol. The fourth-order valence-electron chi connectivity index (χ4n) is 2.06. The highest BCUT2D eigenvalue weighted by atomic mass is 32.2. The van der Waals surface area contributed by atoms with E-state index in [1.165, 1.54) is 22.7 Å². The molecule has 0 radical (unpaired) electrons. The summed E-state index contributed by atoms with van der Waals surface area (Å²) < 4.78 is 26.3. The van der Waals surface area contributed by atoms with Crippen LogP contribution in [0.5, 0.6) is 0 Å². The zero-order valence-corrected chi connectivity index (χ0v) is 13.0. The number of sulfonamides is 1. The molecule has 1 aliphatic heterocycles. The third-order valence-corrected chi connectivity index (χ3v) is 6.22. The van der Waals surface area contributed by atoms with Crippen molar-refractivity contribution in [3.63, 3.8) is 0 Å². The summed E-state index contributed by atoms with van der Waals surface area (Å²) in [5, 5.41) is 12.6. The number of nitrogens with one attached hydrogen (secondary N) is 1. The predicted octanol–water partition coefficient (Wildman–Crippen LogP) is 0.736. The molecule has 0 saturated carbocycles. The Balaban J connectivity index is 2.26. The van der Waals surface area contributed by atoms with Crippen molar-refractivity contribution >= 4 is 33.2 Å². The van der Waals surface area contributed by atoms with Gasteiger partial charge in [-0.05, 0) is 31.2 Å². The number of rotatable bonds is 5. The molecule has 0 bridgehead atoms. The lowest BCUT2D eigenvalue weighted by Gasteiger charge is -2.16. The van der Waals surface area contributed by atoms with E-state index in [1.54, 1.807) is 0 Å². The molecule has 1 aromatic heterocycles. The van der Waals surface area contributed by atoms with Crippen LogP contribution in [0.25, 0.3) is 0 Å². The Morgan fingerprint density at radius 1 is 1.38 bits per heavy atom. The topological polar surface area (TPSA) is 104 Å². The molecule has 9 heteroatoms. The Hall–Kier alpha value is -1.45. The lowest BCUT2D eigenvalue weighted by atomic mass is 10.3. The lowest BCUT2D eigenvalue weighted by molar-refractivity contribution is -0.138. The van der Waals surface area contributed by atoms with Gasteiger partial charge in [0, 0.05) is 13.1 Å². The van der Waals surface area contributed by atoms with E-state index in [0.29, 0.717) is 13.1 Å². The molecule has 1 atom stereocenters. The Labute approximate surface area is 126 Å². The molecule has 1 fully saturated rings. The summed E-state index contributed by atoms with van der Waals surface area (Å²) in [4.78, 5) is 22.8. The molecular formula is C12H16N2O5S2. The number of carbonyl (C=O) groups excluding carboxylic acids is 1. The minimum Gasteiger partial charge on any atom is -0.480 e. The van der Waals surface area contributed by atoms with E-state index in [0.717, 1.165) is 24.2 Å². The van der Waals surface area contributed by atoms with E-state index in [-0.39, 0.29) is 9.77 Å². The number of aliphatic carboxylic acids is 1. The number of hydrogen-bond donors (Lipinski definition) is 2.